The Bertz CT molecular complexity index is 1240. The average Bonchev–Trinajstić information content (AvgIpc) is 2.88. The van der Waals surface area contributed by atoms with Crippen molar-refractivity contribution in [3.05, 3.63) is 63.2 Å². The van der Waals surface area contributed by atoms with Crippen molar-refractivity contribution in [3.8, 4) is 12.3 Å². The maximum atomic E-state index is 14.9. The Kier molecular flexibility index (Phi) is 8.32. The van der Waals surface area contributed by atoms with Crippen molar-refractivity contribution in [2.24, 2.45) is 0 Å². The molecule has 36 heavy (non-hydrogen) atoms. The van der Waals surface area contributed by atoms with Gasteiger partial charge in [-0.2, -0.15) is 4.31 Å². The van der Waals surface area contributed by atoms with Gasteiger partial charge in [0.2, 0.25) is 10.0 Å². The maximum absolute atomic E-state index is 14.9. The predicted octanol–water partition coefficient (Wildman–Crippen LogP) is 4.39. The van der Waals surface area contributed by atoms with E-state index in [1.807, 2.05) is 53.4 Å². The molecule has 2 saturated heterocycles. The maximum Gasteiger partial charge on any atom is 0.222 e. The van der Waals surface area contributed by atoms with E-state index >= 15 is 0 Å². The summed E-state index contributed by atoms with van der Waals surface area (Å²) in [7, 11) is -3.66. The second kappa shape index (κ2) is 11.3. The van der Waals surface area contributed by atoms with Crippen molar-refractivity contribution in [1.29, 1.82) is 10.8 Å². The van der Waals surface area contributed by atoms with Crippen LogP contribution in [0.15, 0.2) is 48.5 Å². The van der Waals surface area contributed by atoms with Gasteiger partial charge in [-0.25, -0.2) is 12.8 Å². The van der Waals surface area contributed by atoms with Crippen LogP contribution in [0.25, 0.3) is 0 Å². The van der Waals surface area contributed by atoms with Crippen molar-refractivity contribution in [1.82, 2.24) is 9.21 Å². The fourth-order valence-electron chi connectivity index (χ4n) is 5.04. The Labute approximate surface area is 225 Å². The molecule has 2 fully saturated rings. The third kappa shape index (κ3) is 5.28. The summed E-state index contributed by atoms with van der Waals surface area (Å²) in [6, 6.07) is 14.0. The highest BCUT2D eigenvalue weighted by atomic mass is 127. The first kappa shape index (κ1) is 26.6. The Balaban J connectivity index is 1.53. The quantitative estimate of drug-likeness (QED) is 0.208. The number of alkyl halides is 1. The number of piperidine rings is 1. The number of terminal acetylenes is 1. The van der Waals surface area contributed by atoms with Crippen molar-refractivity contribution >= 4 is 51.0 Å². The minimum Gasteiger partial charge on any atom is -0.368 e. The van der Waals surface area contributed by atoms with Gasteiger partial charge in [-0.05, 0) is 65.1 Å². The van der Waals surface area contributed by atoms with Gasteiger partial charge in [0.1, 0.15) is 11.4 Å². The van der Waals surface area contributed by atoms with Crippen LogP contribution in [0.4, 0.5) is 10.1 Å². The summed E-state index contributed by atoms with van der Waals surface area (Å²) in [6.07, 6.45) is 8.08. The van der Waals surface area contributed by atoms with E-state index in [9.17, 15) is 12.8 Å². The minimum atomic E-state index is -3.66. The van der Waals surface area contributed by atoms with Gasteiger partial charge in [0.15, 0.2) is 0 Å². The number of halogens is 2. The van der Waals surface area contributed by atoms with E-state index in [1.165, 1.54) is 9.21 Å². The van der Waals surface area contributed by atoms with Gasteiger partial charge in [0.05, 0.1) is 31.3 Å². The monoisotopic (exact) mass is 621 g/mol. The zero-order chi connectivity index (χ0) is 25.9. The van der Waals surface area contributed by atoms with Crippen LogP contribution in [-0.2, 0) is 16.6 Å². The zero-order valence-electron chi connectivity index (χ0n) is 19.7. The molecule has 2 aliphatic heterocycles. The van der Waals surface area contributed by atoms with E-state index < -0.39 is 33.5 Å². The lowest BCUT2D eigenvalue weighted by Crippen LogP contribution is -2.51. The van der Waals surface area contributed by atoms with Gasteiger partial charge < -0.3 is 9.80 Å². The van der Waals surface area contributed by atoms with E-state index in [0.717, 1.165) is 33.1 Å². The number of benzene rings is 2. The van der Waals surface area contributed by atoms with Gasteiger partial charge in [0, 0.05) is 22.3 Å². The van der Waals surface area contributed by atoms with E-state index in [4.69, 9.17) is 17.2 Å². The average molecular weight is 622 g/mol. The van der Waals surface area contributed by atoms with Crippen LogP contribution < -0.4 is 4.90 Å². The van der Waals surface area contributed by atoms with Gasteiger partial charge in [-0.3, -0.25) is 10.8 Å². The molecule has 2 aromatic rings. The molecule has 2 aromatic carbocycles. The largest absolute Gasteiger partial charge is 0.368 e. The third-order valence-corrected chi connectivity index (χ3v) is 10.3. The van der Waals surface area contributed by atoms with Crippen molar-refractivity contribution in [2.45, 2.75) is 49.3 Å². The molecule has 4 atom stereocenters. The topological polar surface area (TPSA) is 91.6 Å². The van der Waals surface area contributed by atoms with Crippen molar-refractivity contribution in [3.63, 3.8) is 0 Å². The van der Waals surface area contributed by atoms with Gasteiger partial charge in [-0.15, -0.1) is 6.42 Å². The highest BCUT2D eigenvalue weighted by molar-refractivity contribution is 14.1. The summed E-state index contributed by atoms with van der Waals surface area (Å²) in [5.41, 5.74) is 2.48. The summed E-state index contributed by atoms with van der Waals surface area (Å²) in [4.78, 5) is 3.24. The van der Waals surface area contributed by atoms with Crippen molar-refractivity contribution in [2.75, 3.05) is 18.0 Å². The lowest BCUT2D eigenvalue weighted by molar-refractivity contribution is 0.192. The Morgan fingerprint density at radius 3 is 2.47 bits per heavy atom. The van der Waals surface area contributed by atoms with E-state index in [0.29, 0.717) is 25.8 Å². The summed E-state index contributed by atoms with van der Waals surface area (Å²) < 4.78 is 44.5. The third-order valence-electron chi connectivity index (χ3n) is 7.02. The normalized spacial score (nSPS) is 26.1. The first-order valence-corrected chi connectivity index (χ1v) is 14.4. The van der Waals surface area contributed by atoms with Crippen LogP contribution in [0, 0.1) is 26.7 Å². The van der Waals surface area contributed by atoms with Gasteiger partial charge in [0.25, 0.3) is 0 Å². The summed E-state index contributed by atoms with van der Waals surface area (Å²) >= 11 is 2.20. The van der Waals surface area contributed by atoms with Crippen LogP contribution >= 0.6 is 22.6 Å². The number of hydrogen-bond donors (Lipinski definition) is 2. The molecule has 2 N–H and O–H groups in total. The van der Waals surface area contributed by atoms with Crippen LogP contribution in [0.3, 0.4) is 0 Å². The molecule has 10 heteroatoms. The zero-order valence-corrected chi connectivity index (χ0v) is 22.7. The van der Waals surface area contributed by atoms with Crippen LogP contribution in [0.5, 0.6) is 0 Å². The van der Waals surface area contributed by atoms with Crippen LogP contribution in [0.1, 0.15) is 35.6 Å². The van der Waals surface area contributed by atoms with Gasteiger partial charge in [-0.1, -0.05) is 42.3 Å². The lowest BCUT2D eigenvalue weighted by Gasteiger charge is -2.39. The van der Waals surface area contributed by atoms with Crippen molar-refractivity contribution < 1.29 is 12.8 Å². The molecule has 0 aliphatic carbocycles. The summed E-state index contributed by atoms with van der Waals surface area (Å²) in [5.74, 6) is 2.67. The van der Waals surface area contributed by atoms with Crippen LogP contribution in [0.2, 0.25) is 0 Å². The smallest absolute Gasteiger partial charge is 0.222 e. The molecule has 0 bridgehead atoms. The number of hydrogen-bond acceptors (Lipinski definition) is 5. The lowest BCUT2D eigenvalue weighted by atomic mass is 10.0. The molecule has 0 saturated carbocycles. The summed E-state index contributed by atoms with van der Waals surface area (Å²) in [5, 5.41) is 14.1. The Hall–Kier alpha value is -2.49. The molecule has 2 heterocycles. The molecule has 2 aliphatic rings. The number of anilines is 1. The van der Waals surface area contributed by atoms with Gasteiger partial charge >= 0.3 is 0 Å². The van der Waals surface area contributed by atoms with Crippen LogP contribution in [-0.4, -0.2) is 61.6 Å². The molecule has 0 radical (unpaired) electrons. The standard InChI is InChI=1S/C26H29FIN5O2S/c1-2-21-10-11-26(19-6-4-3-5-7-19)36(34,35)33(21)15-20-8-9-22(14-24(20)28)31-13-12-25(23(27)16-31)32(17-29)18-30/h1,3-9,14,17-18,21,23,25-26,29-30H,10-13,15-16H2/t21-,23-,25+,26+/m0/s1. The molecule has 0 aromatic heterocycles. The molecule has 4 rings (SSSR count). The molecular formula is C26H29FIN5O2S. The number of nitrogens with one attached hydrogen (secondary N) is 2. The fourth-order valence-corrected chi connectivity index (χ4v) is 7.81. The number of rotatable bonds is 7. The molecule has 0 spiro atoms. The SMILES string of the molecule is C#C[C@H]1CC[C@H](c2ccccc2)S(=O)(=O)N1Cc1ccc(N2CC[C@@H](N(C=N)C=N)[C@@H](F)C2)cc1I. The minimum absolute atomic E-state index is 0.163. The molecule has 0 unspecified atom stereocenters. The molecule has 0 amide bonds. The number of sulfonamides is 1. The van der Waals surface area contributed by atoms with E-state index in [2.05, 4.69) is 28.5 Å². The second-order valence-corrected chi connectivity index (χ2v) is 12.3. The molecular weight excluding hydrogens is 592 g/mol. The van der Waals surface area contributed by atoms with E-state index in [-0.39, 0.29) is 13.1 Å². The predicted molar refractivity (Wildman–Crippen MR) is 150 cm³/mol. The Morgan fingerprint density at radius 2 is 1.86 bits per heavy atom. The number of nitrogens with zero attached hydrogens (tertiary/aromatic N) is 3. The second-order valence-electron chi connectivity index (χ2n) is 9.05. The fraction of sp³-hybridized carbons (Fsp3) is 0.385. The summed E-state index contributed by atoms with van der Waals surface area (Å²) in [6.45, 7) is 0.939. The Morgan fingerprint density at radius 1 is 1.14 bits per heavy atom. The van der Waals surface area contributed by atoms with E-state index in [1.54, 1.807) is 0 Å². The highest BCUT2D eigenvalue weighted by Crippen LogP contribution is 2.38. The first-order chi connectivity index (χ1) is 17.3. The molecule has 7 nitrogen and oxygen atoms in total. The molecule has 190 valence electrons. The first-order valence-electron chi connectivity index (χ1n) is 11.8. The highest BCUT2D eigenvalue weighted by Gasteiger charge is 2.42.